The molecule has 9 heteroatoms. The number of amides is 1. The first-order valence-electron chi connectivity index (χ1n) is 12.1. The largest absolute Gasteiger partial charge is 0.491 e. The molecule has 0 aliphatic rings. The monoisotopic (exact) mass is 521 g/mol. The van der Waals surface area contributed by atoms with E-state index < -0.39 is 5.97 Å². The molecule has 0 fully saturated rings. The Labute approximate surface area is 219 Å². The second-order valence-electron chi connectivity index (χ2n) is 8.75. The second-order valence-corrected chi connectivity index (χ2v) is 9.19. The molecule has 4 rings (SSSR count). The summed E-state index contributed by atoms with van der Waals surface area (Å²) in [4.78, 5) is 29.8. The zero-order chi connectivity index (χ0) is 26.5. The standard InChI is InChI=1S/C28H28ClN3O5/c1-4-5-9-23(33)30-26-25-22(14-15-24(31-25)37-21-8-6-7-18(29)16-21)32(27(26)28(34)35)19-10-12-20(13-11-19)36-17(2)3/h6-8,10-17H,4-5,9H2,1-3H3,(H,30,33)(H,34,35). The first kappa shape index (κ1) is 26.0. The Hall–Kier alpha value is -4.04. The summed E-state index contributed by atoms with van der Waals surface area (Å²) in [6.07, 6.45) is 1.78. The van der Waals surface area contributed by atoms with Gasteiger partial charge < -0.3 is 24.5 Å². The minimum atomic E-state index is -1.20. The summed E-state index contributed by atoms with van der Waals surface area (Å²) in [5, 5.41) is 13.5. The van der Waals surface area contributed by atoms with Crippen LogP contribution < -0.4 is 14.8 Å². The fraction of sp³-hybridized carbons (Fsp3) is 0.250. The van der Waals surface area contributed by atoms with Gasteiger partial charge in [-0.15, -0.1) is 0 Å². The third-order valence-electron chi connectivity index (χ3n) is 5.50. The SMILES string of the molecule is CCCCC(=O)Nc1c(C(=O)O)n(-c2ccc(OC(C)C)cc2)c2ccc(Oc3cccc(Cl)c3)nc12. The number of carbonyl (C=O) groups excluding carboxylic acids is 1. The van der Waals surface area contributed by atoms with Gasteiger partial charge in [-0.25, -0.2) is 9.78 Å². The van der Waals surface area contributed by atoms with Gasteiger partial charge in [-0.2, -0.15) is 0 Å². The van der Waals surface area contributed by atoms with E-state index in [9.17, 15) is 14.7 Å². The van der Waals surface area contributed by atoms with Crippen molar-refractivity contribution >= 4 is 40.2 Å². The molecule has 2 aromatic heterocycles. The number of rotatable bonds is 10. The van der Waals surface area contributed by atoms with E-state index in [2.05, 4.69) is 10.3 Å². The lowest BCUT2D eigenvalue weighted by Gasteiger charge is -2.12. The second kappa shape index (κ2) is 11.3. The smallest absolute Gasteiger partial charge is 0.355 e. The number of hydrogen-bond donors (Lipinski definition) is 2. The highest BCUT2D eigenvalue weighted by Crippen LogP contribution is 2.36. The molecule has 2 N–H and O–H groups in total. The summed E-state index contributed by atoms with van der Waals surface area (Å²) in [5.74, 6) is -0.119. The Bertz CT molecular complexity index is 1430. The van der Waals surface area contributed by atoms with Crippen molar-refractivity contribution in [1.29, 1.82) is 0 Å². The van der Waals surface area contributed by atoms with E-state index in [-0.39, 0.29) is 35.7 Å². The van der Waals surface area contributed by atoms with Gasteiger partial charge in [0.2, 0.25) is 11.8 Å². The van der Waals surface area contributed by atoms with Crippen LogP contribution in [-0.4, -0.2) is 32.6 Å². The van der Waals surface area contributed by atoms with E-state index >= 15 is 0 Å². The first-order valence-corrected chi connectivity index (χ1v) is 12.4. The van der Waals surface area contributed by atoms with Gasteiger partial charge >= 0.3 is 5.97 Å². The number of carbonyl (C=O) groups is 2. The van der Waals surface area contributed by atoms with Crippen molar-refractivity contribution in [2.75, 3.05) is 5.32 Å². The summed E-state index contributed by atoms with van der Waals surface area (Å²) in [7, 11) is 0. The van der Waals surface area contributed by atoms with Crippen LogP contribution in [0, 0.1) is 0 Å². The van der Waals surface area contributed by atoms with Crippen molar-refractivity contribution in [3.05, 3.63) is 71.4 Å². The molecule has 0 atom stereocenters. The van der Waals surface area contributed by atoms with Crippen LogP contribution in [0.15, 0.2) is 60.7 Å². The molecule has 4 aromatic rings. The number of halogens is 1. The van der Waals surface area contributed by atoms with Crippen LogP contribution in [0.4, 0.5) is 5.69 Å². The Morgan fingerprint density at radius 2 is 1.84 bits per heavy atom. The van der Waals surface area contributed by atoms with Crippen molar-refractivity contribution in [2.24, 2.45) is 0 Å². The number of unbranched alkanes of at least 4 members (excludes halogenated alkanes) is 1. The van der Waals surface area contributed by atoms with Crippen LogP contribution in [0.2, 0.25) is 5.02 Å². The van der Waals surface area contributed by atoms with Crippen molar-refractivity contribution in [3.8, 4) is 23.1 Å². The number of aromatic nitrogens is 2. The number of nitrogens with zero attached hydrogens (tertiary/aromatic N) is 2. The molecule has 1 amide bonds. The number of carboxylic acids is 1. The van der Waals surface area contributed by atoms with Crippen LogP contribution >= 0.6 is 11.6 Å². The van der Waals surface area contributed by atoms with E-state index in [4.69, 9.17) is 21.1 Å². The van der Waals surface area contributed by atoms with E-state index in [0.717, 1.165) is 6.42 Å². The highest BCUT2D eigenvalue weighted by atomic mass is 35.5. The average molecular weight is 522 g/mol. The normalized spacial score (nSPS) is 11.1. The molecule has 37 heavy (non-hydrogen) atoms. The fourth-order valence-electron chi connectivity index (χ4n) is 3.93. The molecule has 0 spiro atoms. The number of hydrogen-bond acceptors (Lipinski definition) is 5. The van der Waals surface area contributed by atoms with E-state index in [1.807, 2.05) is 20.8 Å². The topological polar surface area (TPSA) is 103 Å². The van der Waals surface area contributed by atoms with Gasteiger partial charge in [0, 0.05) is 23.2 Å². The minimum absolute atomic E-state index is 0.000100. The molecule has 8 nitrogen and oxygen atoms in total. The van der Waals surface area contributed by atoms with E-state index in [1.54, 1.807) is 65.2 Å². The predicted octanol–water partition coefficient (Wildman–Crippen LogP) is 7.09. The average Bonchev–Trinajstić information content (AvgIpc) is 3.16. The van der Waals surface area contributed by atoms with E-state index in [1.165, 1.54) is 0 Å². The number of anilines is 1. The van der Waals surface area contributed by atoms with Crippen LogP contribution in [-0.2, 0) is 4.79 Å². The van der Waals surface area contributed by atoms with Crippen molar-refractivity contribution < 1.29 is 24.2 Å². The molecule has 0 radical (unpaired) electrons. The Kier molecular flexibility index (Phi) is 7.98. The summed E-state index contributed by atoms with van der Waals surface area (Å²) in [5.41, 5.74) is 1.38. The Morgan fingerprint density at radius 3 is 2.49 bits per heavy atom. The van der Waals surface area contributed by atoms with Gasteiger partial charge in [-0.05, 0) is 68.8 Å². The van der Waals surface area contributed by atoms with Gasteiger partial charge in [-0.3, -0.25) is 4.79 Å². The van der Waals surface area contributed by atoms with Crippen molar-refractivity contribution in [1.82, 2.24) is 9.55 Å². The summed E-state index contributed by atoms with van der Waals surface area (Å²) in [6.45, 7) is 5.84. The third-order valence-corrected chi connectivity index (χ3v) is 5.73. The maximum atomic E-state index is 12.7. The molecule has 2 heterocycles. The van der Waals surface area contributed by atoms with Crippen LogP contribution in [0.25, 0.3) is 16.7 Å². The lowest BCUT2D eigenvalue weighted by molar-refractivity contribution is -0.116. The predicted molar refractivity (Wildman–Crippen MR) is 143 cm³/mol. The highest BCUT2D eigenvalue weighted by Gasteiger charge is 2.26. The van der Waals surface area contributed by atoms with Crippen molar-refractivity contribution in [3.63, 3.8) is 0 Å². The third kappa shape index (κ3) is 6.03. The number of ether oxygens (including phenoxy) is 2. The van der Waals surface area contributed by atoms with Crippen molar-refractivity contribution in [2.45, 2.75) is 46.1 Å². The minimum Gasteiger partial charge on any atom is -0.491 e. The van der Waals surface area contributed by atoms with Crippen LogP contribution in [0.5, 0.6) is 17.4 Å². The summed E-state index contributed by atoms with van der Waals surface area (Å²) >= 11 is 6.07. The first-order chi connectivity index (χ1) is 17.8. The number of pyridine rings is 1. The molecule has 0 saturated heterocycles. The lowest BCUT2D eigenvalue weighted by atomic mass is 10.2. The van der Waals surface area contributed by atoms with Gasteiger partial charge in [0.15, 0.2) is 5.69 Å². The number of benzene rings is 2. The number of carboxylic acid groups (broad SMARTS) is 1. The zero-order valence-corrected chi connectivity index (χ0v) is 21.6. The quantitative estimate of drug-likeness (QED) is 0.231. The molecule has 0 bridgehead atoms. The van der Waals surface area contributed by atoms with Gasteiger partial charge in [0.05, 0.1) is 11.6 Å². The summed E-state index contributed by atoms with van der Waals surface area (Å²) in [6, 6.07) is 17.3. The molecule has 2 aromatic carbocycles. The summed E-state index contributed by atoms with van der Waals surface area (Å²) < 4.78 is 13.2. The van der Waals surface area contributed by atoms with Gasteiger partial charge in [0.1, 0.15) is 22.7 Å². The van der Waals surface area contributed by atoms with Crippen LogP contribution in [0.1, 0.15) is 50.5 Å². The van der Waals surface area contributed by atoms with E-state index in [0.29, 0.717) is 39.7 Å². The van der Waals surface area contributed by atoms with Gasteiger partial charge in [0.25, 0.3) is 0 Å². The molecule has 0 aliphatic carbocycles. The van der Waals surface area contributed by atoms with Gasteiger partial charge in [-0.1, -0.05) is 31.0 Å². The molecule has 0 unspecified atom stereocenters. The maximum absolute atomic E-state index is 12.7. The Balaban J connectivity index is 1.86. The molecular formula is C28H28ClN3O5. The molecular weight excluding hydrogens is 494 g/mol. The molecule has 0 saturated carbocycles. The number of nitrogens with one attached hydrogen (secondary N) is 1. The lowest BCUT2D eigenvalue weighted by Crippen LogP contribution is -2.15. The Morgan fingerprint density at radius 1 is 1.08 bits per heavy atom. The number of aromatic carboxylic acids is 1. The fourth-order valence-corrected chi connectivity index (χ4v) is 4.11. The maximum Gasteiger partial charge on any atom is 0.355 e. The zero-order valence-electron chi connectivity index (χ0n) is 20.8. The van der Waals surface area contributed by atoms with Crippen LogP contribution in [0.3, 0.4) is 0 Å². The molecule has 0 aliphatic heterocycles. The highest BCUT2D eigenvalue weighted by molar-refractivity contribution is 6.30. The molecule has 192 valence electrons. The number of fused-ring (bicyclic) bond motifs is 1.